The van der Waals surface area contributed by atoms with Gasteiger partial charge in [0, 0.05) is 11.0 Å². The molecule has 0 aliphatic heterocycles. The van der Waals surface area contributed by atoms with Crippen LogP contribution in [0.1, 0.15) is 44.7 Å². The van der Waals surface area contributed by atoms with Gasteiger partial charge in [0.1, 0.15) is 0 Å². The van der Waals surface area contributed by atoms with E-state index in [0.717, 1.165) is 35.1 Å². The molecule has 2 bridgehead atoms. The highest BCUT2D eigenvalue weighted by Gasteiger charge is 2.64. The molecular weight excluding hydrogens is 292 g/mol. The summed E-state index contributed by atoms with van der Waals surface area (Å²) < 4.78 is 0. The summed E-state index contributed by atoms with van der Waals surface area (Å²) in [5.41, 5.74) is 4.32. The maximum Gasteiger partial charge on any atom is 0.166 e. The molecular formula is C23H24O. The average molecular weight is 316 g/mol. The van der Waals surface area contributed by atoms with E-state index in [0.29, 0.717) is 11.7 Å². The molecule has 2 aliphatic carbocycles. The van der Waals surface area contributed by atoms with Gasteiger partial charge < -0.3 is 0 Å². The minimum absolute atomic E-state index is 0.0359. The Labute approximate surface area is 144 Å². The predicted octanol–water partition coefficient (Wildman–Crippen LogP) is 5.51. The Balaban J connectivity index is 2.02. The largest absolute Gasteiger partial charge is 0.294 e. The zero-order valence-electron chi connectivity index (χ0n) is 14.7. The van der Waals surface area contributed by atoms with E-state index in [1.54, 1.807) is 0 Å². The van der Waals surface area contributed by atoms with Crippen LogP contribution in [0.5, 0.6) is 0 Å². The van der Waals surface area contributed by atoms with Crippen LogP contribution >= 0.6 is 0 Å². The van der Waals surface area contributed by atoms with Crippen LogP contribution in [0, 0.1) is 16.7 Å². The quantitative estimate of drug-likeness (QED) is 0.667. The fourth-order valence-electron chi connectivity index (χ4n) is 4.84. The lowest BCUT2D eigenvalue weighted by Gasteiger charge is -2.31. The SMILES string of the molecule is CC12CCC(C(=C(c3ccccc3)c3ccccc3)C1=O)C2(C)C. The van der Waals surface area contributed by atoms with Crippen molar-refractivity contribution in [3.8, 4) is 0 Å². The first-order chi connectivity index (χ1) is 11.5. The Kier molecular flexibility index (Phi) is 3.32. The van der Waals surface area contributed by atoms with Gasteiger partial charge in [-0.25, -0.2) is 0 Å². The third-order valence-corrected chi connectivity index (χ3v) is 6.71. The standard InChI is InChI=1S/C23H24O/c1-22(2)18-14-15-23(22,3)21(24)20(18)19(16-10-6-4-7-11-16)17-12-8-5-9-13-17/h4-13,18H,14-15H2,1-3H3. The van der Waals surface area contributed by atoms with Gasteiger partial charge >= 0.3 is 0 Å². The number of fused-ring (bicyclic) bond motifs is 2. The smallest absolute Gasteiger partial charge is 0.166 e. The van der Waals surface area contributed by atoms with Gasteiger partial charge in [0.25, 0.3) is 0 Å². The molecule has 24 heavy (non-hydrogen) atoms. The van der Waals surface area contributed by atoms with Gasteiger partial charge in [0.15, 0.2) is 5.78 Å². The molecule has 0 saturated heterocycles. The fourth-order valence-corrected chi connectivity index (χ4v) is 4.84. The van der Waals surface area contributed by atoms with Crippen molar-refractivity contribution in [2.45, 2.75) is 33.6 Å². The van der Waals surface area contributed by atoms with Gasteiger partial charge in [0.2, 0.25) is 0 Å². The van der Waals surface area contributed by atoms with Gasteiger partial charge in [-0.3, -0.25) is 4.79 Å². The Morgan fingerprint density at radius 3 is 1.79 bits per heavy atom. The van der Waals surface area contributed by atoms with Crippen molar-refractivity contribution in [3.05, 3.63) is 77.4 Å². The van der Waals surface area contributed by atoms with Crippen molar-refractivity contribution in [2.24, 2.45) is 16.7 Å². The van der Waals surface area contributed by atoms with Crippen LogP contribution in [-0.2, 0) is 4.79 Å². The molecule has 2 aliphatic rings. The fraction of sp³-hybridized carbons (Fsp3) is 0.348. The second kappa shape index (κ2) is 5.17. The van der Waals surface area contributed by atoms with Crippen molar-refractivity contribution in [3.63, 3.8) is 0 Å². The molecule has 122 valence electrons. The Morgan fingerprint density at radius 2 is 1.38 bits per heavy atom. The van der Waals surface area contributed by atoms with Gasteiger partial charge in [-0.05, 0) is 40.9 Å². The molecule has 2 aromatic rings. The highest BCUT2D eigenvalue weighted by molar-refractivity contribution is 6.12. The molecule has 2 atom stereocenters. The molecule has 2 aromatic carbocycles. The number of hydrogen-bond donors (Lipinski definition) is 0. The number of rotatable bonds is 2. The topological polar surface area (TPSA) is 17.1 Å². The van der Waals surface area contributed by atoms with E-state index >= 15 is 0 Å². The number of ketones is 1. The maximum atomic E-state index is 13.4. The lowest BCUT2D eigenvalue weighted by molar-refractivity contribution is -0.125. The molecule has 0 amide bonds. The van der Waals surface area contributed by atoms with Crippen LogP contribution in [0.3, 0.4) is 0 Å². The number of Topliss-reactive ketones (excluding diaryl/α,β-unsaturated/α-hetero) is 1. The third-order valence-electron chi connectivity index (χ3n) is 6.71. The van der Waals surface area contributed by atoms with Crippen molar-refractivity contribution in [1.29, 1.82) is 0 Å². The molecule has 0 radical (unpaired) electrons. The Bertz CT molecular complexity index is 772. The summed E-state index contributed by atoms with van der Waals surface area (Å²) in [5.74, 6) is 0.719. The van der Waals surface area contributed by atoms with Gasteiger partial charge in [-0.1, -0.05) is 81.4 Å². The van der Waals surface area contributed by atoms with Gasteiger partial charge in [0.05, 0.1) is 0 Å². The number of hydrogen-bond acceptors (Lipinski definition) is 1. The highest BCUT2D eigenvalue weighted by Crippen LogP contribution is 2.66. The van der Waals surface area contributed by atoms with E-state index in [1.807, 2.05) is 12.1 Å². The zero-order chi connectivity index (χ0) is 16.9. The van der Waals surface area contributed by atoms with Crippen LogP contribution < -0.4 is 0 Å². The Hall–Kier alpha value is -2.15. The minimum Gasteiger partial charge on any atom is -0.294 e. The highest BCUT2D eigenvalue weighted by atomic mass is 16.1. The van der Waals surface area contributed by atoms with Gasteiger partial charge in [-0.2, -0.15) is 0 Å². The normalized spacial score (nSPS) is 27.5. The van der Waals surface area contributed by atoms with Crippen molar-refractivity contribution < 1.29 is 4.79 Å². The second-order valence-corrected chi connectivity index (χ2v) is 7.99. The lowest BCUT2D eigenvalue weighted by atomic mass is 9.70. The number of carbonyl (C=O) groups is 1. The van der Waals surface area contributed by atoms with Crippen LogP contribution in [0.2, 0.25) is 0 Å². The van der Waals surface area contributed by atoms with Crippen molar-refractivity contribution in [2.75, 3.05) is 0 Å². The zero-order valence-corrected chi connectivity index (χ0v) is 14.7. The van der Waals surface area contributed by atoms with E-state index in [2.05, 4.69) is 69.3 Å². The molecule has 1 nitrogen and oxygen atoms in total. The molecule has 4 rings (SSSR count). The Morgan fingerprint density at radius 1 is 0.875 bits per heavy atom. The molecule has 2 unspecified atom stereocenters. The summed E-state index contributed by atoms with van der Waals surface area (Å²) in [5, 5.41) is 0. The van der Waals surface area contributed by atoms with Crippen molar-refractivity contribution in [1.82, 2.24) is 0 Å². The molecule has 0 N–H and O–H groups in total. The van der Waals surface area contributed by atoms with Crippen LogP contribution in [0.15, 0.2) is 66.2 Å². The maximum absolute atomic E-state index is 13.4. The molecule has 0 aromatic heterocycles. The molecule has 0 spiro atoms. The first kappa shape index (κ1) is 15.4. The number of carbonyl (C=O) groups excluding carboxylic acids is 1. The van der Waals surface area contributed by atoms with Crippen molar-refractivity contribution >= 4 is 11.4 Å². The van der Waals surface area contributed by atoms with Crippen LogP contribution in [0.4, 0.5) is 0 Å². The first-order valence-electron chi connectivity index (χ1n) is 8.86. The first-order valence-corrected chi connectivity index (χ1v) is 8.86. The molecule has 1 heteroatoms. The molecule has 2 saturated carbocycles. The van der Waals surface area contributed by atoms with E-state index in [-0.39, 0.29) is 10.8 Å². The van der Waals surface area contributed by atoms with Crippen LogP contribution in [0.25, 0.3) is 5.57 Å². The summed E-state index contributed by atoms with van der Waals surface area (Å²) in [7, 11) is 0. The monoisotopic (exact) mass is 316 g/mol. The van der Waals surface area contributed by atoms with E-state index in [1.165, 1.54) is 0 Å². The van der Waals surface area contributed by atoms with Gasteiger partial charge in [-0.15, -0.1) is 0 Å². The summed E-state index contributed by atoms with van der Waals surface area (Å²) in [6.45, 7) is 6.74. The van der Waals surface area contributed by atoms with E-state index in [4.69, 9.17) is 0 Å². The summed E-state index contributed by atoms with van der Waals surface area (Å²) in [6, 6.07) is 20.8. The van der Waals surface area contributed by atoms with E-state index in [9.17, 15) is 4.79 Å². The van der Waals surface area contributed by atoms with E-state index < -0.39 is 0 Å². The lowest BCUT2D eigenvalue weighted by Crippen LogP contribution is -2.32. The summed E-state index contributed by atoms with van der Waals surface area (Å²) in [6.07, 6.45) is 2.14. The minimum atomic E-state index is -0.220. The second-order valence-electron chi connectivity index (χ2n) is 7.99. The number of allylic oxidation sites excluding steroid dienone is 1. The van der Waals surface area contributed by atoms with Crippen LogP contribution in [-0.4, -0.2) is 5.78 Å². The molecule has 0 heterocycles. The molecule has 2 fully saturated rings. The predicted molar refractivity (Wildman–Crippen MR) is 98.5 cm³/mol. The average Bonchev–Trinajstić information content (AvgIpc) is 2.91. The number of benzene rings is 2. The summed E-state index contributed by atoms with van der Waals surface area (Å²) >= 11 is 0. The third kappa shape index (κ3) is 1.90. The summed E-state index contributed by atoms with van der Waals surface area (Å²) in [4.78, 5) is 13.4.